The number of benzene rings is 2. The van der Waals surface area contributed by atoms with Crippen LogP contribution in [0.15, 0.2) is 59.0 Å². The molecule has 134 valence electrons. The maximum Gasteiger partial charge on any atom is 0.255 e. The number of aliphatic hydroxyl groups excluding tert-OH is 1. The molecule has 0 fully saturated rings. The van der Waals surface area contributed by atoms with Gasteiger partial charge in [0, 0.05) is 11.3 Å². The topological polar surface area (TPSA) is 71.7 Å². The molecule has 0 saturated heterocycles. The van der Waals surface area contributed by atoms with Crippen LogP contribution < -0.4 is 10.1 Å². The highest BCUT2D eigenvalue weighted by molar-refractivity contribution is 6.04. The maximum absolute atomic E-state index is 12.5. The molecule has 26 heavy (non-hydrogen) atoms. The lowest BCUT2D eigenvalue weighted by atomic mass is 10.1. The Morgan fingerprint density at radius 2 is 1.88 bits per heavy atom. The summed E-state index contributed by atoms with van der Waals surface area (Å²) in [6.45, 7) is 1.90. The third-order valence-electron chi connectivity index (χ3n) is 4.16. The van der Waals surface area contributed by atoms with Crippen molar-refractivity contribution in [2.45, 2.75) is 20.0 Å². The summed E-state index contributed by atoms with van der Waals surface area (Å²) in [5.41, 5.74) is 3.12. The first-order chi connectivity index (χ1) is 12.6. The monoisotopic (exact) mass is 351 g/mol. The first-order valence-corrected chi connectivity index (χ1v) is 8.43. The smallest absolute Gasteiger partial charge is 0.255 e. The van der Waals surface area contributed by atoms with E-state index in [0.29, 0.717) is 34.1 Å². The van der Waals surface area contributed by atoms with Crippen molar-refractivity contribution in [3.63, 3.8) is 0 Å². The van der Waals surface area contributed by atoms with Crippen LogP contribution in [0.2, 0.25) is 0 Å². The second kappa shape index (κ2) is 7.89. The van der Waals surface area contributed by atoms with E-state index < -0.39 is 0 Å². The molecule has 0 aliphatic rings. The summed E-state index contributed by atoms with van der Waals surface area (Å²) in [7, 11) is 1.57. The lowest BCUT2D eigenvalue weighted by molar-refractivity contribution is 0.102. The van der Waals surface area contributed by atoms with Gasteiger partial charge in [0.2, 0.25) is 0 Å². The first kappa shape index (κ1) is 17.8. The van der Waals surface area contributed by atoms with Crippen molar-refractivity contribution in [3.05, 3.63) is 71.5 Å². The highest BCUT2D eigenvalue weighted by Gasteiger charge is 2.13. The Morgan fingerprint density at radius 1 is 1.12 bits per heavy atom. The van der Waals surface area contributed by atoms with E-state index in [1.807, 2.05) is 24.3 Å². The molecule has 0 aliphatic carbocycles. The molecule has 0 radical (unpaired) electrons. The van der Waals surface area contributed by atoms with Crippen LogP contribution in [-0.4, -0.2) is 18.1 Å². The number of ether oxygens (including phenoxy) is 1. The van der Waals surface area contributed by atoms with Gasteiger partial charge < -0.3 is 19.6 Å². The first-order valence-electron chi connectivity index (χ1n) is 8.43. The number of hydrogen-bond acceptors (Lipinski definition) is 4. The van der Waals surface area contributed by atoms with Crippen LogP contribution in [0.25, 0.3) is 11.3 Å². The molecule has 3 aromatic rings. The van der Waals surface area contributed by atoms with Crippen molar-refractivity contribution in [1.29, 1.82) is 0 Å². The maximum atomic E-state index is 12.5. The molecular weight excluding hydrogens is 330 g/mol. The number of hydrogen-bond donors (Lipinski definition) is 2. The van der Waals surface area contributed by atoms with E-state index in [1.54, 1.807) is 37.4 Å². The second-order valence-corrected chi connectivity index (χ2v) is 5.84. The molecule has 3 rings (SSSR count). The van der Waals surface area contributed by atoms with Crippen LogP contribution in [0, 0.1) is 0 Å². The molecule has 1 aromatic heterocycles. The van der Waals surface area contributed by atoms with Crippen molar-refractivity contribution in [3.8, 4) is 17.1 Å². The predicted octanol–water partition coefficient (Wildman–Crippen LogP) is 4.26. The Labute approximate surface area is 152 Å². The van der Waals surface area contributed by atoms with Crippen LogP contribution in [0.5, 0.6) is 5.75 Å². The average molecular weight is 351 g/mol. The molecule has 5 nitrogen and oxygen atoms in total. The Bertz CT molecular complexity index is 897. The van der Waals surface area contributed by atoms with Crippen molar-refractivity contribution in [2.75, 3.05) is 12.4 Å². The van der Waals surface area contributed by atoms with Gasteiger partial charge in [0.25, 0.3) is 5.91 Å². The number of anilines is 1. The van der Waals surface area contributed by atoms with E-state index in [-0.39, 0.29) is 12.5 Å². The third kappa shape index (κ3) is 3.78. The fourth-order valence-corrected chi connectivity index (χ4v) is 2.68. The average Bonchev–Trinajstić information content (AvgIpc) is 3.17. The van der Waals surface area contributed by atoms with Crippen molar-refractivity contribution in [2.24, 2.45) is 0 Å². The molecule has 0 atom stereocenters. The number of carbonyl (C=O) groups excluding carboxylic acids is 1. The predicted molar refractivity (Wildman–Crippen MR) is 100 cm³/mol. The molecule has 1 amide bonds. The van der Waals surface area contributed by atoms with E-state index >= 15 is 0 Å². The molecule has 5 heteroatoms. The molecule has 1 heterocycles. The number of nitrogens with one attached hydrogen (secondary N) is 1. The van der Waals surface area contributed by atoms with Crippen LogP contribution in [0.4, 0.5) is 5.69 Å². The van der Waals surface area contributed by atoms with Gasteiger partial charge in [0.15, 0.2) is 0 Å². The van der Waals surface area contributed by atoms with Gasteiger partial charge in [-0.2, -0.15) is 0 Å². The van der Waals surface area contributed by atoms with Gasteiger partial charge in [-0.05, 0) is 54.4 Å². The standard InChI is InChI=1S/C21H21NO4/c1-3-14-4-6-15(7-5-14)21(24)22-16-8-10-19(25-2)18(12-16)20-11-9-17(13-23)26-20/h4-12,23H,3,13H2,1-2H3,(H,22,24). The van der Waals surface area contributed by atoms with E-state index in [2.05, 4.69) is 12.2 Å². The van der Waals surface area contributed by atoms with E-state index in [4.69, 9.17) is 9.15 Å². The molecule has 0 saturated carbocycles. The van der Waals surface area contributed by atoms with Gasteiger partial charge in [-0.15, -0.1) is 0 Å². The van der Waals surface area contributed by atoms with Gasteiger partial charge in [0.1, 0.15) is 23.9 Å². The highest BCUT2D eigenvalue weighted by Crippen LogP contribution is 2.34. The zero-order chi connectivity index (χ0) is 18.5. The molecule has 2 aromatic carbocycles. The molecule has 2 N–H and O–H groups in total. The summed E-state index contributed by atoms with van der Waals surface area (Å²) in [5, 5.41) is 12.1. The third-order valence-corrected chi connectivity index (χ3v) is 4.16. The number of furan rings is 1. The van der Waals surface area contributed by atoms with Crippen LogP contribution in [0.3, 0.4) is 0 Å². The van der Waals surface area contributed by atoms with E-state index in [1.165, 1.54) is 5.56 Å². The summed E-state index contributed by atoms with van der Waals surface area (Å²) in [5.74, 6) is 1.47. The lowest BCUT2D eigenvalue weighted by Gasteiger charge is -2.11. The highest BCUT2D eigenvalue weighted by atomic mass is 16.5. The van der Waals surface area contributed by atoms with Gasteiger partial charge in [-0.3, -0.25) is 4.79 Å². The van der Waals surface area contributed by atoms with Crippen molar-refractivity contribution in [1.82, 2.24) is 0 Å². The number of carbonyl (C=O) groups is 1. The quantitative estimate of drug-likeness (QED) is 0.696. The summed E-state index contributed by atoms with van der Waals surface area (Å²) in [6.07, 6.45) is 0.933. The fraction of sp³-hybridized carbons (Fsp3) is 0.190. The van der Waals surface area contributed by atoms with Crippen LogP contribution >= 0.6 is 0 Å². The Morgan fingerprint density at radius 3 is 2.50 bits per heavy atom. The Kier molecular flexibility index (Phi) is 5.39. The second-order valence-electron chi connectivity index (χ2n) is 5.84. The van der Waals surface area contributed by atoms with Crippen molar-refractivity contribution < 1.29 is 19.1 Å². The Balaban J connectivity index is 1.85. The molecule has 0 unspecified atom stereocenters. The summed E-state index contributed by atoms with van der Waals surface area (Å²) in [4.78, 5) is 12.5. The van der Waals surface area contributed by atoms with Gasteiger partial charge in [-0.1, -0.05) is 19.1 Å². The molecule has 0 bridgehead atoms. The molecule has 0 spiro atoms. The van der Waals surface area contributed by atoms with Crippen LogP contribution in [-0.2, 0) is 13.0 Å². The SMILES string of the molecule is CCc1ccc(C(=O)Nc2ccc(OC)c(-c3ccc(CO)o3)c2)cc1. The normalized spacial score (nSPS) is 10.6. The minimum absolute atomic E-state index is 0.174. The van der Waals surface area contributed by atoms with Gasteiger partial charge in [0.05, 0.1) is 12.7 Å². The molecular formula is C21H21NO4. The van der Waals surface area contributed by atoms with E-state index in [0.717, 1.165) is 6.42 Å². The zero-order valence-electron chi connectivity index (χ0n) is 14.8. The zero-order valence-corrected chi connectivity index (χ0v) is 14.8. The van der Waals surface area contributed by atoms with Gasteiger partial charge in [-0.25, -0.2) is 0 Å². The van der Waals surface area contributed by atoms with E-state index in [9.17, 15) is 9.90 Å². The number of rotatable bonds is 6. The number of aliphatic hydroxyl groups is 1. The summed E-state index contributed by atoms with van der Waals surface area (Å²) in [6, 6.07) is 16.3. The van der Waals surface area contributed by atoms with Crippen molar-refractivity contribution >= 4 is 11.6 Å². The minimum atomic E-state index is -0.181. The Hall–Kier alpha value is -3.05. The largest absolute Gasteiger partial charge is 0.496 e. The minimum Gasteiger partial charge on any atom is -0.496 e. The number of aryl methyl sites for hydroxylation is 1. The lowest BCUT2D eigenvalue weighted by Crippen LogP contribution is -2.12. The number of amides is 1. The summed E-state index contributed by atoms with van der Waals surface area (Å²) < 4.78 is 11.0. The van der Waals surface area contributed by atoms with Gasteiger partial charge >= 0.3 is 0 Å². The fourth-order valence-electron chi connectivity index (χ4n) is 2.68. The van der Waals surface area contributed by atoms with Crippen LogP contribution in [0.1, 0.15) is 28.6 Å². The number of methoxy groups -OCH3 is 1. The summed E-state index contributed by atoms with van der Waals surface area (Å²) >= 11 is 0. The molecule has 0 aliphatic heterocycles.